The first-order valence-corrected chi connectivity index (χ1v) is 6.42. The highest BCUT2D eigenvalue weighted by molar-refractivity contribution is 5.98. The minimum atomic E-state index is -0.741. The lowest BCUT2D eigenvalue weighted by atomic mass is 10.1. The summed E-state index contributed by atoms with van der Waals surface area (Å²) in [4.78, 5) is 27.0. The summed E-state index contributed by atoms with van der Waals surface area (Å²) in [5, 5.41) is 0. The second kappa shape index (κ2) is 6.09. The van der Waals surface area contributed by atoms with E-state index in [1.165, 1.54) is 0 Å². The molecule has 0 N–H and O–H groups in total. The van der Waals surface area contributed by atoms with Crippen LogP contribution in [0.15, 0.2) is 18.2 Å². The van der Waals surface area contributed by atoms with Crippen LogP contribution in [0.1, 0.15) is 16.8 Å². The average molecular weight is 282 g/mol. The van der Waals surface area contributed by atoms with E-state index >= 15 is 0 Å². The Morgan fingerprint density at radius 2 is 2.05 bits per heavy atom. The van der Waals surface area contributed by atoms with E-state index in [4.69, 9.17) is 0 Å². The van der Waals surface area contributed by atoms with E-state index in [1.54, 1.807) is 16.8 Å². The molecule has 1 heterocycles. The van der Waals surface area contributed by atoms with Crippen LogP contribution in [0.3, 0.4) is 0 Å². The third-order valence-electron chi connectivity index (χ3n) is 3.35. The van der Waals surface area contributed by atoms with E-state index in [0.717, 1.165) is 24.6 Å². The first-order valence-electron chi connectivity index (χ1n) is 6.42. The van der Waals surface area contributed by atoms with Crippen molar-refractivity contribution in [3.05, 3.63) is 35.4 Å². The molecule has 0 unspecified atom stereocenters. The molecule has 1 amide bonds. The van der Waals surface area contributed by atoms with E-state index in [-0.39, 0.29) is 24.6 Å². The monoisotopic (exact) mass is 282 g/mol. The van der Waals surface area contributed by atoms with Crippen molar-refractivity contribution in [1.29, 1.82) is 0 Å². The summed E-state index contributed by atoms with van der Waals surface area (Å²) in [5.41, 5.74) is -0.268. The number of likely N-dealkylation sites (N-methyl/N-ethyl adjacent to an activating group) is 1. The summed E-state index contributed by atoms with van der Waals surface area (Å²) in [6.07, 6.45) is 0.751. The molecule has 4 nitrogen and oxygen atoms in total. The zero-order valence-electron chi connectivity index (χ0n) is 11.2. The molecule has 0 bridgehead atoms. The highest BCUT2D eigenvalue weighted by Crippen LogP contribution is 2.12. The number of Topliss-reactive ketones (excluding diaryl/α,β-unsaturated/α-hetero) is 1. The van der Waals surface area contributed by atoms with E-state index < -0.39 is 17.4 Å². The molecule has 1 saturated heterocycles. The number of rotatable bonds is 3. The molecule has 1 aliphatic heterocycles. The maximum absolute atomic E-state index is 13.5. The minimum absolute atomic E-state index is 0.0741. The van der Waals surface area contributed by atoms with Gasteiger partial charge in [0.05, 0.1) is 18.7 Å². The van der Waals surface area contributed by atoms with Crippen molar-refractivity contribution in [3.63, 3.8) is 0 Å². The number of amides is 1. The van der Waals surface area contributed by atoms with Gasteiger partial charge in [-0.3, -0.25) is 14.5 Å². The summed E-state index contributed by atoms with van der Waals surface area (Å²) in [5.74, 6) is -1.98. The van der Waals surface area contributed by atoms with Crippen molar-refractivity contribution >= 4 is 11.7 Å². The molecule has 2 rings (SSSR count). The van der Waals surface area contributed by atoms with Crippen LogP contribution in [0, 0.1) is 11.6 Å². The van der Waals surface area contributed by atoms with Crippen LogP contribution < -0.4 is 0 Å². The molecule has 1 aromatic rings. The van der Waals surface area contributed by atoms with E-state index in [0.29, 0.717) is 13.1 Å². The Kier molecular flexibility index (Phi) is 4.44. The number of hydrogen-bond donors (Lipinski definition) is 0. The zero-order valence-corrected chi connectivity index (χ0v) is 11.2. The first-order chi connectivity index (χ1) is 9.47. The SMILES string of the molecule is CN1CCCN(CC(=O)c2cc(F)ccc2F)CC1=O. The van der Waals surface area contributed by atoms with Crippen LogP contribution in [-0.2, 0) is 4.79 Å². The highest BCUT2D eigenvalue weighted by atomic mass is 19.1. The molecule has 1 fully saturated rings. The zero-order chi connectivity index (χ0) is 14.7. The normalized spacial score (nSPS) is 17.1. The van der Waals surface area contributed by atoms with Crippen molar-refractivity contribution in [2.45, 2.75) is 6.42 Å². The first kappa shape index (κ1) is 14.6. The van der Waals surface area contributed by atoms with Gasteiger partial charge in [-0.25, -0.2) is 8.78 Å². The van der Waals surface area contributed by atoms with E-state index in [9.17, 15) is 18.4 Å². The Morgan fingerprint density at radius 3 is 2.80 bits per heavy atom. The fourth-order valence-electron chi connectivity index (χ4n) is 2.18. The van der Waals surface area contributed by atoms with Crippen LogP contribution in [0.25, 0.3) is 0 Å². The number of carbonyl (C=O) groups is 2. The van der Waals surface area contributed by atoms with Crippen LogP contribution in [-0.4, -0.2) is 54.7 Å². The quantitative estimate of drug-likeness (QED) is 0.785. The maximum Gasteiger partial charge on any atom is 0.236 e. The Bertz CT molecular complexity index is 534. The van der Waals surface area contributed by atoms with Crippen molar-refractivity contribution in [2.24, 2.45) is 0 Å². The van der Waals surface area contributed by atoms with Gasteiger partial charge >= 0.3 is 0 Å². The lowest BCUT2D eigenvalue weighted by Crippen LogP contribution is -2.37. The van der Waals surface area contributed by atoms with Gasteiger partial charge in [-0.1, -0.05) is 0 Å². The molecule has 1 aromatic carbocycles. The summed E-state index contributed by atoms with van der Waals surface area (Å²) < 4.78 is 26.6. The fraction of sp³-hybridized carbons (Fsp3) is 0.429. The Balaban J connectivity index is 2.07. The molecule has 0 radical (unpaired) electrons. The fourth-order valence-corrected chi connectivity index (χ4v) is 2.18. The van der Waals surface area contributed by atoms with Gasteiger partial charge in [0.15, 0.2) is 5.78 Å². The number of hydrogen-bond acceptors (Lipinski definition) is 3. The van der Waals surface area contributed by atoms with Crippen molar-refractivity contribution in [3.8, 4) is 0 Å². The standard InChI is InChI=1S/C14H16F2N2O2/c1-17-5-2-6-18(9-14(17)20)8-13(19)11-7-10(15)3-4-12(11)16/h3-4,7H,2,5-6,8-9H2,1H3. The minimum Gasteiger partial charge on any atom is -0.345 e. The molecular weight excluding hydrogens is 266 g/mol. The summed E-state index contributed by atoms with van der Waals surface area (Å²) in [7, 11) is 1.71. The maximum atomic E-state index is 13.5. The van der Waals surface area contributed by atoms with Crippen molar-refractivity contribution < 1.29 is 18.4 Å². The molecular formula is C14H16F2N2O2. The van der Waals surface area contributed by atoms with Gasteiger partial charge in [0.25, 0.3) is 0 Å². The van der Waals surface area contributed by atoms with Crippen molar-refractivity contribution in [1.82, 2.24) is 9.80 Å². The predicted octanol–water partition coefficient (Wildman–Crippen LogP) is 1.31. The van der Waals surface area contributed by atoms with Gasteiger partial charge in [-0.15, -0.1) is 0 Å². The summed E-state index contributed by atoms with van der Waals surface area (Å²) in [6, 6.07) is 2.80. The van der Waals surface area contributed by atoms with Crippen molar-refractivity contribution in [2.75, 3.05) is 33.2 Å². The van der Waals surface area contributed by atoms with Gasteiger partial charge in [-0.05, 0) is 24.6 Å². The molecule has 0 spiro atoms. The van der Waals surface area contributed by atoms with Gasteiger partial charge in [0, 0.05) is 20.1 Å². The van der Waals surface area contributed by atoms with Crippen LogP contribution in [0.5, 0.6) is 0 Å². The number of benzene rings is 1. The molecule has 0 aromatic heterocycles. The average Bonchev–Trinajstić information content (AvgIpc) is 2.55. The second-order valence-electron chi connectivity index (χ2n) is 4.93. The molecule has 1 aliphatic rings. The Morgan fingerprint density at radius 1 is 1.30 bits per heavy atom. The molecule has 0 aliphatic carbocycles. The highest BCUT2D eigenvalue weighted by Gasteiger charge is 2.22. The topological polar surface area (TPSA) is 40.6 Å². The summed E-state index contributed by atoms with van der Waals surface area (Å²) >= 11 is 0. The predicted molar refractivity (Wildman–Crippen MR) is 69.4 cm³/mol. The summed E-state index contributed by atoms with van der Waals surface area (Å²) in [6.45, 7) is 1.26. The van der Waals surface area contributed by atoms with Crippen LogP contribution >= 0.6 is 0 Å². The molecule has 0 saturated carbocycles. The second-order valence-corrected chi connectivity index (χ2v) is 4.93. The lowest BCUT2D eigenvalue weighted by Gasteiger charge is -2.18. The largest absolute Gasteiger partial charge is 0.345 e. The smallest absolute Gasteiger partial charge is 0.236 e. The molecule has 20 heavy (non-hydrogen) atoms. The van der Waals surface area contributed by atoms with E-state index in [1.807, 2.05) is 0 Å². The Labute approximate surface area is 116 Å². The van der Waals surface area contributed by atoms with Gasteiger partial charge < -0.3 is 4.90 Å². The number of halogens is 2. The third kappa shape index (κ3) is 3.39. The number of carbonyl (C=O) groups excluding carboxylic acids is 2. The molecule has 6 heteroatoms. The third-order valence-corrected chi connectivity index (χ3v) is 3.35. The van der Waals surface area contributed by atoms with Crippen LogP contribution in [0.2, 0.25) is 0 Å². The number of ketones is 1. The van der Waals surface area contributed by atoms with Gasteiger partial charge in [0.2, 0.25) is 5.91 Å². The van der Waals surface area contributed by atoms with Gasteiger partial charge in [-0.2, -0.15) is 0 Å². The van der Waals surface area contributed by atoms with Gasteiger partial charge in [0.1, 0.15) is 11.6 Å². The molecule has 108 valence electrons. The Hall–Kier alpha value is -1.82. The lowest BCUT2D eigenvalue weighted by molar-refractivity contribution is -0.129. The van der Waals surface area contributed by atoms with Crippen LogP contribution in [0.4, 0.5) is 8.78 Å². The molecule has 0 atom stereocenters. The van der Waals surface area contributed by atoms with E-state index in [2.05, 4.69) is 0 Å². The number of nitrogens with zero attached hydrogens (tertiary/aromatic N) is 2.